The lowest BCUT2D eigenvalue weighted by atomic mass is 10.0. The summed E-state index contributed by atoms with van der Waals surface area (Å²) in [6.45, 7) is -0.179. The van der Waals surface area contributed by atoms with Gasteiger partial charge in [-0.25, -0.2) is 9.97 Å². The Balaban J connectivity index is 1.69. The summed E-state index contributed by atoms with van der Waals surface area (Å²) in [5, 5.41) is 12.5. The van der Waals surface area contributed by atoms with Gasteiger partial charge in [0, 0.05) is 52.9 Å². The highest BCUT2D eigenvalue weighted by Crippen LogP contribution is 2.32. The molecule has 0 radical (unpaired) electrons. The van der Waals surface area contributed by atoms with E-state index in [-0.39, 0.29) is 12.5 Å². The second kappa shape index (κ2) is 8.59. The summed E-state index contributed by atoms with van der Waals surface area (Å²) in [5.41, 5.74) is 5.26. The summed E-state index contributed by atoms with van der Waals surface area (Å²) >= 11 is 0. The molecule has 0 atom stereocenters. The molecule has 1 aromatic carbocycles. The normalized spacial score (nSPS) is 11.1. The largest absolute Gasteiger partial charge is 0.481 e. The molecule has 4 rings (SSSR count). The van der Waals surface area contributed by atoms with Crippen molar-refractivity contribution in [2.75, 3.05) is 19.0 Å². The van der Waals surface area contributed by atoms with Gasteiger partial charge in [-0.2, -0.15) is 0 Å². The number of hydrogen-bond donors (Lipinski definition) is 3. The number of methoxy groups -OCH3 is 1. The number of nitrogens with zero attached hydrogens (tertiary/aromatic N) is 2. The van der Waals surface area contributed by atoms with Crippen LogP contribution in [0.5, 0.6) is 5.88 Å². The Morgan fingerprint density at radius 3 is 2.90 bits per heavy atom. The van der Waals surface area contributed by atoms with Crippen LogP contribution < -0.4 is 10.1 Å². The zero-order valence-corrected chi connectivity index (χ0v) is 16.3. The number of aliphatic hydroxyl groups is 1. The Morgan fingerprint density at radius 1 is 1.17 bits per heavy atom. The van der Waals surface area contributed by atoms with Crippen LogP contribution >= 0.6 is 0 Å². The predicted octanol–water partition coefficient (Wildman–Crippen LogP) is 3.79. The number of carbonyl (C=O) groups is 1. The van der Waals surface area contributed by atoms with E-state index < -0.39 is 0 Å². The molecular weight excluding hydrogens is 380 g/mol. The maximum Gasteiger partial charge on any atom is 0.248 e. The van der Waals surface area contributed by atoms with Crippen LogP contribution in [0.3, 0.4) is 0 Å². The summed E-state index contributed by atoms with van der Waals surface area (Å²) in [5.74, 6) is 0.249. The van der Waals surface area contributed by atoms with Crippen molar-refractivity contribution in [3.63, 3.8) is 0 Å². The standard InChI is InChI=1S/C23H20N4O3/c1-30-22-12-16(7-8-24-22)20-14-26-23-19(20)11-17(13-25-23)15-4-2-5-18(10-15)27-21(29)6-3-9-28/h2-8,10-14,28H,9H2,1H3,(H,25,26)(H,27,29)/b6-3+. The second-order valence-corrected chi connectivity index (χ2v) is 6.56. The summed E-state index contributed by atoms with van der Waals surface area (Å²) in [6, 6.07) is 13.4. The van der Waals surface area contributed by atoms with E-state index in [4.69, 9.17) is 9.84 Å². The van der Waals surface area contributed by atoms with E-state index >= 15 is 0 Å². The van der Waals surface area contributed by atoms with E-state index in [2.05, 4.69) is 26.3 Å². The van der Waals surface area contributed by atoms with Gasteiger partial charge in [0.2, 0.25) is 11.8 Å². The molecule has 0 aliphatic rings. The average Bonchev–Trinajstić information content (AvgIpc) is 3.21. The molecule has 0 fully saturated rings. The number of hydrogen-bond acceptors (Lipinski definition) is 5. The van der Waals surface area contributed by atoms with Crippen LogP contribution in [0, 0.1) is 0 Å². The molecular formula is C23H20N4O3. The number of ether oxygens (including phenoxy) is 1. The number of fused-ring (bicyclic) bond motifs is 1. The van der Waals surface area contributed by atoms with E-state index in [0.717, 1.165) is 33.3 Å². The van der Waals surface area contributed by atoms with E-state index in [1.54, 1.807) is 19.5 Å². The van der Waals surface area contributed by atoms with Crippen molar-refractivity contribution in [2.24, 2.45) is 0 Å². The molecule has 0 saturated carbocycles. The van der Waals surface area contributed by atoms with Crippen LogP contribution in [0.1, 0.15) is 0 Å². The number of benzene rings is 1. The zero-order valence-electron chi connectivity index (χ0n) is 16.3. The minimum Gasteiger partial charge on any atom is -0.481 e. The molecule has 7 heteroatoms. The van der Waals surface area contributed by atoms with Crippen LogP contribution in [0.4, 0.5) is 5.69 Å². The quantitative estimate of drug-likeness (QED) is 0.428. The number of amides is 1. The zero-order chi connectivity index (χ0) is 20.9. The molecule has 0 aliphatic heterocycles. The Kier molecular flexibility index (Phi) is 5.54. The number of H-pyrrole nitrogens is 1. The maximum atomic E-state index is 11.9. The van der Waals surface area contributed by atoms with Crippen molar-refractivity contribution in [3.05, 3.63) is 73.2 Å². The molecule has 4 aromatic rings. The highest BCUT2D eigenvalue weighted by Gasteiger charge is 2.11. The number of anilines is 1. The number of nitrogens with one attached hydrogen (secondary N) is 2. The van der Waals surface area contributed by atoms with Gasteiger partial charge in [0.15, 0.2) is 0 Å². The number of carbonyl (C=O) groups excluding carboxylic acids is 1. The third-order valence-corrected chi connectivity index (χ3v) is 4.62. The maximum absolute atomic E-state index is 11.9. The fourth-order valence-electron chi connectivity index (χ4n) is 3.21. The molecule has 3 heterocycles. The SMILES string of the molecule is COc1cc(-c2c[nH]c3ncc(-c4cccc(NC(=O)/C=C/CO)c4)cc23)ccn1. The molecule has 150 valence electrons. The molecule has 1 amide bonds. The van der Waals surface area contributed by atoms with Gasteiger partial charge in [-0.05, 0) is 35.4 Å². The third-order valence-electron chi connectivity index (χ3n) is 4.62. The molecule has 0 saturated heterocycles. The number of aliphatic hydroxyl groups excluding tert-OH is 1. The minimum atomic E-state index is -0.297. The van der Waals surface area contributed by atoms with E-state index in [1.165, 1.54) is 12.2 Å². The lowest BCUT2D eigenvalue weighted by molar-refractivity contribution is -0.111. The van der Waals surface area contributed by atoms with Crippen LogP contribution in [-0.4, -0.2) is 39.7 Å². The first-order valence-corrected chi connectivity index (χ1v) is 9.34. The number of aromatic nitrogens is 3. The molecule has 3 aromatic heterocycles. The summed E-state index contributed by atoms with van der Waals surface area (Å²) < 4.78 is 5.24. The Morgan fingerprint density at radius 2 is 2.07 bits per heavy atom. The van der Waals surface area contributed by atoms with Crippen molar-refractivity contribution in [1.82, 2.24) is 15.0 Å². The van der Waals surface area contributed by atoms with E-state index in [0.29, 0.717) is 11.6 Å². The molecule has 0 bridgehead atoms. The number of pyridine rings is 2. The first kappa shape index (κ1) is 19.4. The molecule has 0 unspecified atom stereocenters. The monoisotopic (exact) mass is 400 g/mol. The van der Waals surface area contributed by atoms with Crippen molar-refractivity contribution in [3.8, 4) is 28.1 Å². The van der Waals surface area contributed by atoms with Crippen molar-refractivity contribution < 1.29 is 14.6 Å². The van der Waals surface area contributed by atoms with Crippen LogP contribution in [0.15, 0.2) is 73.2 Å². The van der Waals surface area contributed by atoms with E-state index in [1.807, 2.05) is 42.6 Å². The second-order valence-electron chi connectivity index (χ2n) is 6.56. The summed E-state index contributed by atoms with van der Waals surface area (Å²) in [6.07, 6.45) is 8.11. The smallest absolute Gasteiger partial charge is 0.248 e. The molecule has 30 heavy (non-hydrogen) atoms. The van der Waals surface area contributed by atoms with Crippen molar-refractivity contribution >= 4 is 22.6 Å². The van der Waals surface area contributed by atoms with Gasteiger partial charge in [0.05, 0.1) is 13.7 Å². The predicted molar refractivity (Wildman–Crippen MR) is 116 cm³/mol. The van der Waals surface area contributed by atoms with Crippen LogP contribution in [-0.2, 0) is 4.79 Å². The average molecular weight is 400 g/mol. The summed E-state index contributed by atoms with van der Waals surface area (Å²) in [7, 11) is 1.59. The van der Waals surface area contributed by atoms with Gasteiger partial charge < -0.3 is 20.1 Å². The first-order chi connectivity index (χ1) is 14.7. The topological polar surface area (TPSA) is 100 Å². The molecule has 3 N–H and O–H groups in total. The fraction of sp³-hybridized carbons (Fsp3) is 0.0870. The molecule has 7 nitrogen and oxygen atoms in total. The van der Waals surface area contributed by atoms with Crippen molar-refractivity contribution in [1.29, 1.82) is 0 Å². The molecule has 0 aliphatic carbocycles. The van der Waals surface area contributed by atoms with Gasteiger partial charge >= 0.3 is 0 Å². The van der Waals surface area contributed by atoms with Crippen molar-refractivity contribution in [2.45, 2.75) is 0 Å². The fourth-order valence-corrected chi connectivity index (χ4v) is 3.21. The van der Waals surface area contributed by atoms with Crippen LogP contribution in [0.2, 0.25) is 0 Å². The number of rotatable bonds is 6. The van der Waals surface area contributed by atoms with Gasteiger partial charge in [-0.3, -0.25) is 4.79 Å². The Bertz CT molecular complexity index is 1230. The van der Waals surface area contributed by atoms with Gasteiger partial charge in [0.1, 0.15) is 5.65 Å². The van der Waals surface area contributed by atoms with Gasteiger partial charge in [-0.1, -0.05) is 18.2 Å². The van der Waals surface area contributed by atoms with Crippen LogP contribution in [0.25, 0.3) is 33.3 Å². The lowest BCUT2D eigenvalue weighted by Crippen LogP contribution is -2.07. The number of aromatic amines is 1. The highest BCUT2D eigenvalue weighted by molar-refractivity contribution is 6.00. The first-order valence-electron chi connectivity index (χ1n) is 9.34. The minimum absolute atomic E-state index is 0.179. The summed E-state index contributed by atoms with van der Waals surface area (Å²) in [4.78, 5) is 23.8. The van der Waals surface area contributed by atoms with Gasteiger partial charge in [0.25, 0.3) is 0 Å². The third kappa shape index (κ3) is 4.06. The van der Waals surface area contributed by atoms with Gasteiger partial charge in [-0.15, -0.1) is 0 Å². The Hall–Kier alpha value is -3.97. The Labute approximate surface area is 173 Å². The lowest BCUT2D eigenvalue weighted by Gasteiger charge is -2.07. The molecule has 0 spiro atoms. The van der Waals surface area contributed by atoms with E-state index in [9.17, 15) is 4.79 Å². The highest BCUT2D eigenvalue weighted by atomic mass is 16.5.